The van der Waals surface area contributed by atoms with Crippen molar-refractivity contribution in [1.29, 1.82) is 0 Å². The lowest BCUT2D eigenvalue weighted by atomic mass is 10.1. The molecule has 2 amide bonds. The van der Waals surface area contributed by atoms with Crippen molar-refractivity contribution in [1.82, 2.24) is 4.90 Å². The highest BCUT2D eigenvalue weighted by atomic mass is 35.5. The van der Waals surface area contributed by atoms with E-state index >= 15 is 0 Å². The Balaban J connectivity index is 1.39. The van der Waals surface area contributed by atoms with Crippen LogP contribution in [0, 0.1) is 0 Å². The van der Waals surface area contributed by atoms with Gasteiger partial charge in [-0.1, -0.05) is 35.3 Å². The number of amides is 2. The van der Waals surface area contributed by atoms with Crippen molar-refractivity contribution in [2.75, 3.05) is 24.3 Å². The zero-order chi connectivity index (χ0) is 24.4. The Hall–Kier alpha value is -3.06. The van der Waals surface area contributed by atoms with Gasteiger partial charge in [0.1, 0.15) is 0 Å². The third kappa shape index (κ3) is 5.36. The first-order valence-electron chi connectivity index (χ1n) is 10.9. The third-order valence-electron chi connectivity index (χ3n) is 5.92. The van der Waals surface area contributed by atoms with Crippen LogP contribution in [0.3, 0.4) is 0 Å². The average Bonchev–Trinajstić information content (AvgIpc) is 3.23. The molecule has 3 N–H and O–H groups in total. The number of nitrogens with two attached hydrogens (primary N) is 1. The fourth-order valence-electron chi connectivity index (χ4n) is 3.99. The van der Waals surface area contributed by atoms with Gasteiger partial charge in [0, 0.05) is 54.2 Å². The molecular weight excluding hydrogens is 471 g/mol. The molecule has 4 rings (SSSR count). The van der Waals surface area contributed by atoms with Crippen LogP contribution in [0.4, 0.5) is 11.4 Å². The average molecular weight is 497 g/mol. The number of fused-ring (bicyclic) bond motifs is 1. The molecule has 0 saturated carbocycles. The molecule has 3 aromatic rings. The molecule has 0 radical (unpaired) electrons. The Morgan fingerprint density at radius 2 is 1.71 bits per heavy atom. The third-order valence-corrected chi connectivity index (χ3v) is 6.50. The van der Waals surface area contributed by atoms with E-state index in [1.165, 1.54) is 0 Å². The maximum atomic E-state index is 13.0. The van der Waals surface area contributed by atoms with Gasteiger partial charge in [-0.3, -0.25) is 9.59 Å². The second-order valence-corrected chi connectivity index (χ2v) is 9.46. The van der Waals surface area contributed by atoms with Gasteiger partial charge >= 0.3 is 0 Å². The zero-order valence-electron chi connectivity index (χ0n) is 19.0. The molecule has 8 heteroatoms. The predicted molar refractivity (Wildman–Crippen MR) is 138 cm³/mol. The number of anilines is 2. The van der Waals surface area contributed by atoms with Gasteiger partial charge in [-0.05, 0) is 71.6 Å². The number of nitrogens with zero attached hydrogens (tertiary/aromatic N) is 2. The second-order valence-electron chi connectivity index (χ2n) is 8.62. The first-order chi connectivity index (χ1) is 16.2. The summed E-state index contributed by atoms with van der Waals surface area (Å²) >= 11 is 12.2. The molecule has 3 aromatic carbocycles. The van der Waals surface area contributed by atoms with Crippen molar-refractivity contribution >= 4 is 46.4 Å². The standard InChI is InChI=1S/C26H26Cl2N4O2/c1-31(2)22-9-5-16(6-10-22)25(33)30-21-8-4-18-14-32(15-19(18)11-21)26(34)24(29)12-17-3-7-20(27)13-23(17)28/h3-11,13,24H,12,14-15,29H2,1-2H3,(H,30,33). The van der Waals surface area contributed by atoms with E-state index in [-0.39, 0.29) is 11.8 Å². The number of carbonyl (C=O) groups excluding carboxylic acids is 2. The molecule has 1 aliphatic rings. The lowest BCUT2D eigenvalue weighted by Gasteiger charge is -2.20. The van der Waals surface area contributed by atoms with Gasteiger partial charge in [0.25, 0.3) is 5.91 Å². The van der Waals surface area contributed by atoms with Crippen molar-refractivity contribution in [3.05, 3.63) is 93.0 Å². The van der Waals surface area contributed by atoms with Crippen LogP contribution >= 0.6 is 23.2 Å². The Kier molecular flexibility index (Phi) is 7.12. The monoisotopic (exact) mass is 496 g/mol. The van der Waals surface area contributed by atoms with Crippen molar-refractivity contribution in [3.8, 4) is 0 Å². The number of carbonyl (C=O) groups is 2. The maximum absolute atomic E-state index is 13.0. The van der Waals surface area contributed by atoms with E-state index in [1.54, 1.807) is 35.2 Å². The summed E-state index contributed by atoms with van der Waals surface area (Å²) in [5.41, 5.74) is 11.3. The fraction of sp³-hybridized carbons (Fsp3) is 0.231. The largest absolute Gasteiger partial charge is 0.378 e. The van der Waals surface area contributed by atoms with Gasteiger partial charge in [-0.15, -0.1) is 0 Å². The normalized spacial score (nSPS) is 13.4. The molecule has 0 saturated heterocycles. The highest BCUT2D eigenvalue weighted by molar-refractivity contribution is 6.35. The summed E-state index contributed by atoms with van der Waals surface area (Å²) in [6.45, 7) is 0.925. The highest BCUT2D eigenvalue weighted by Gasteiger charge is 2.28. The van der Waals surface area contributed by atoms with Crippen molar-refractivity contribution in [2.45, 2.75) is 25.6 Å². The van der Waals surface area contributed by atoms with Crippen molar-refractivity contribution < 1.29 is 9.59 Å². The lowest BCUT2D eigenvalue weighted by Crippen LogP contribution is -2.42. The number of benzene rings is 3. The summed E-state index contributed by atoms with van der Waals surface area (Å²) in [6, 6.07) is 17.6. The molecule has 176 valence electrons. The first kappa shape index (κ1) is 24.1. The van der Waals surface area contributed by atoms with Gasteiger partial charge in [-0.25, -0.2) is 0 Å². The van der Waals surface area contributed by atoms with Crippen LogP contribution in [0.2, 0.25) is 10.0 Å². The zero-order valence-corrected chi connectivity index (χ0v) is 20.5. The molecule has 1 aliphatic heterocycles. The molecule has 1 unspecified atom stereocenters. The van der Waals surface area contributed by atoms with Crippen LogP contribution in [-0.2, 0) is 24.3 Å². The number of hydrogen-bond acceptors (Lipinski definition) is 4. The van der Waals surface area contributed by atoms with E-state index < -0.39 is 6.04 Å². The quantitative estimate of drug-likeness (QED) is 0.517. The molecule has 1 heterocycles. The Morgan fingerprint density at radius 1 is 1.00 bits per heavy atom. The van der Waals surface area contributed by atoms with Gasteiger partial charge in [0.15, 0.2) is 0 Å². The summed E-state index contributed by atoms with van der Waals surface area (Å²) in [7, 11) is 3.90. The van der Waals surface area contributed by atoms with Gasteiger partial charge in [-0.2, -0.15) is 0 Å². The van der Waals surface area contributed by atoms with Crippen LogP contribution in [0.15, 0.2) is 60.7 Å². The van der Waals surface area contributed by atoms with E-state index in [4.69, 9.17) is 28.9 Å². The van der Waals surface area contributed by atoms with Crippen molar-refractivity contribution in [2.24, 2.45) is 5.73 Å². The molecule has 0 bridgehead atoms. The summed E-state index contributed by atoms with van der Waals surface area (Å²) < 4.78 is 0. The van der Waals surface area contributed by atoms with E-state index in [2.05, 4.69) is 5.32 Å². The van der Waals surface area contributed by atoms with Crippen molar-refractivity contribution in [3.63, 3.8) is 0 Å². The van der Waals surface area contributed by atoms with E-state index in [1.807, 2.05) is 49.3 Å². The van der Waals surface area contributed by atoms with E-state index in [0.717, 1.165) is 22.4 Å². The minimum atomic E-state index is -0.711. The first-order valence-corrected chi connectivity index (χ1v) is 11.7. The van der Waals surface area contributed by atoms with Crippen LogP contribution < -0.4 is 16.0 Å². The highest BCUT2D eigenvalue weighted by Crippen LogP contribution is 2.28. The van der Waals surface area contributed by atoms with E-state index in [9.17, 15) is 9.59 Å². The van der Waals surface area contributed by atoms with Crippen LogP contribution in [0.1, 0.15) is 27.0 Å². The fourth-order valence-corrected chi connectivity index (χ4v) is 4.47. The summed E-state index contributed by atoms with van der Waals surface area (Å²) in [6.07, 6.45) is 0.329. The number of nitrogens with one attached hydrogen (secondary N) is 1. The van der Waals surface area contributed by atoms with Gasteiger partial charge in [0.05, 0.1) is 6.04 Å². The minimum absolute atomic E-state index is 0.145. The minimum Gasteiger partial charge on any atom is -0.378 e. The SMILES string of the molecule is CN(C)c1ccc(C(=O)Nc2ccc3c(c2)CN(C(=O)C(N)Cc2ccc(Cl)cc2Cl)C3)cc1. The van der Waals surface area contributed by atoms with Crippen LogP contribution in [0.25, 0.3) is 0 Å². The molecule has 0 fully saturated rings. The molecule has 0 aromatic heterocycles. The smallest absolute Gasteiger partial charge is 0.255 e. The number of rotatable bonds is 6. The Labute approximate surface area is 209 Å². The molecule has 0 aliphatic carbocycles. The molecule has 1 atom stereocenters. The molecular formula is C26H26Cl2N4O2. The van der Waals surface area contributed by atoms with Gasteiger partial charge in [0.2, 0.25) is 5.91 Å². The lowest BCUT2D eigenvalue weighted by molar-refractivity contribution is -0.133. The molecule has 0 spiro atoms. The molecule has 6 nitrogen and oxygen atoms in total. The molecule has 34 heavy (non-hydrogen) atoms. The van der Waals surface area contributed by atoms with E-state index in [0.29, 0.717) is 40.8 Å². The predicted octanol–water partition coefficient (Wildman–Crippen LogP) is 4.72. The van der Waals surface area contributed by atoms with Crippen LogP contribution in [0.5, 0.6) is 0 Å². The number of hydrogen-bond donors (Lipinski definition) is 2. The van der Waals surface area contributed by atoms with Gasteiger partial charge < -0.3 is 20.9 Å². The van der Waals surface area contributed by atoms with Crippen LogP contribution in [-0.4, -0.2) is 36.9 Å². The topological polar surface area (TPSA) is 78.7 Å². The summed E-state index contributed by atoms with van der Waals surface area (Å²) in [4.78, 5) is 29.3. The Bertz CT molecular complexity index is 1230. The number of halogens is 2. The summed E-state index contributed by atoms with van der Waals surface area (Å²) in [5.74, 6) is -0.327. The Morgan fingerprint density at radius 3 is 2.38 bits per heavy atom. The second kappa shape index (κ2) is 10.1. The summed E-state index contributed by atoms with van der Waals surface area (Å²) in [5, 5.41) is 3.98. The maximum Gasteiger partial charge on any atom is 0.255 e.